The SMILES string of the molecule is CC(C)c1ccc(C2C(=O)N(C)C(=N)C[C@]2(C)c2ccc3nccn3c2)cc1. The molecule has 1 aromatic carbocycles. The molecule has 1 amide bonds. The third-order valence-corrected chi connectivity index (χ3v) is 6.14. The number of carbonyl (C=O) groups excluding carboxylic acids is 1. The maximum atomic E-state index is 13.3. The Morgan fingerprint density at radius 2 is 1.89 bits per heavy atom. The van der Waals surface area contributed by atoms with E-state index in [0.717, 1.165) is 16.8 Å². The first-order valence-electron chi connectivity index (χ1n) is 9.69. The van der Waals surface area contributed by atoms with Gasteiger partial charge in [0.1, 0.15) is 11.5 Å². The molecule has 1 aliphatic rings. The van der Waals surface area contributed by atoms with E-state index in [4.69, 9.17) is 5.41 Å². The molecule has 5 heteroatoms. The summed E-state index contributed by atoms with van der Waals surface area (Å²) < 4.78 is 1.98. The minimum atomic E-state index is -0.502. The number of amides is 1. The van der Waals surface area contributed by atoms with Crippen molar-refractivity contribution < 1.29 is 4.79 Å². The summed E-state index contributed by atoms with van der Waals surface area (Å²) in [5.41, 5.74) is 3.68. The van der Waals surface area contributed by atoms with Crippen molar-refractivity contribution in [1.29, 1.82) is 5.41 Å². The molecule has 0 bridgehead atoms. The van der Waals surface area contributed by atoms with Crippen molar-refractivity contribution >= 4 is 17.4 Å². The molecule has 5 nitrogen and oxygen atoms in total. The van der Waals surface area contributed by atoms with Crippen LogP contribution in [0.1, 0.15) is 55.7 Å². The van der Waals surface area contributed by atoms with Gasteiger partial charge in [0.15, 0.2) is 0 Å². The van der Waals surface area contributed by atoms with Crippen LogP contribution in [0.2, 0.25) is 0 Å². The lowest BCUT2D eigenvalue weighted by molar-refractivity contribution is -0.131. The van der Waals surface area contributed by atoms with E-state index >= 15 is 0 Å². The maximum Gasteiger partial charge on any atom is 0.236 e. The smallest absolute Gasteiger partial charge is 0.236 e. The predicted octanol–water partition coefficient (Wildman–Crippen LogP) is 4.34. The molecule has 1 aliphatic heterocycles. The lowest BCUT2D eigenvalue weighted by Gasteiger charge is -2.44. The van der Waals surface area contributed by atoms with Gasteiger partial charge in [0.2, 0.25) is 5.91 Å². The quantitative estimate of drug-likeness (QED) is 0.741. The van der Waals surface area contributed by atoms with Gasteiger partial charge in [0.05, 0.1) is 5.92 Å². The van der Waals surface area contributed by atoms with Gasteiger partial charge in [-0.3, -0.25) is 10.2 Å². The number of rotatable bonds is 3. The van der Waals surface area contributed by atoms with E-state index < -0.39 is 5.41 Å². The van der Waals surface area contributed by atoms with E-state index in [1.165, 1.54) is 10.5 Å². The molecular weight excluding hydrogens is 348 g/mol. The molecule has 1 saturated heterocycles. The summed E-state index contributed by atoms with van der Waals surface area (Å²) in [5, 5.41) is 8.39. The second-order valence-corrected chi connectivity index (χ2v) is 8.30. The van der Waals surface area contributed by atoms with Crippen LogP contribution in [-0.2, 0) is 10.2 Å². The van der Waals surface area contributed by atoms with Crippen molar-refractivity contribution in [2.24, 2.45) is 0 Å². The number of nitrogens with one attached hydrogen (secondary N) is 1. The number of likely N-dealkylation sites (tertiary alicyclic amines) is 1. The number of imidazole rings is 1. The number of nitrogens with zero attached hydrogens (tertiary/aromatic N) is 3. The standard InChI is InChI=1S/C23H26N4O/c1-15(2)16-5-7-17(8-6-16)21-22(28)26(4)19(24)13-23(21,3)18-9-10-20-25-11-12-27(20)14-18/h5-12,14-15,21,24H,13H2,1-4H3/t21?,23-/m1/s1. The molecule has 0 spiro atoms. The molecule has 1 N–H and O–H groups in total. The molecule has 3 heterocycles. The summed E-state index contributed by atoms with van der Waals surface area (Å²) >= 11 is 0. The number of likely N-dealkylation sites (N-methyl/N-ethyl adjacent to an activating group) is 1. The fourth-order valence-electron chi connectivity index (χ4n) is 4.28. The molecule has 1 fully saturated rings. The van der Waals surface area contributed by atoms with Gasteiger partial charge in [-0.1, -0.05) is 51.1 Å². The molecule has 0 saturated carbocycles. The van der Waals surface area contributed by atoms with Crippen LogP contribution in [0.3, 0.4) is 0 Å². The molecule has 3 aromatic rings. The molecule has 4 rings (SSSR count). The van der Waals surface area contributed by atoms with Crippen LogP contribution < -0.4 is 0 Å². The Morgan fingerprint density at radius 3 is 2.57 bits per heavy atom. The number of hydrogen-bond donors (Lipinski definition) is 1. The van der Waals surface area contributed by atoms with E-state index in [-0.39, 0.29) is 11.8 Å². The molecule has 1 unspecified atom stereocenters. The van der Waals surface area contributed by atoms with Gasteiger partial charge in [-0.05, 0) is 28.7 Å². The van der Waals surface area contributed by atoms with Crippen molar-refractivity contribution in [3.8, 4) is 0 Å². The number of piperidine rings is 1. The van der Waals surface area contributed by atoms with Crippen molar-refractivity contribution in [2.75, 3.05) is 7.05 Å². The van der Waals surface area contributed by atoms with Crippen LogP contribution in [0, 0.1) is 5.41 Å². The molecule has 0 radical (unpaired) electrons. The summed E-state index contributed by atoms with van der Waals surface area (Å²) in [7, 11) is 1.71. The molecule has 0 aliphatic carbocycles. The van der Waals surface area contributed by atoms with Crippen molar-refractivity contribution in [3.63, 3.8) is 0 Å². The Bertz CT molecular complexity index is 1050. The number of benzene rings is 1. The van der Waals surface area contributed by atoms with Gasteiger partial charge in [-0.25, -0.2) is 4.98 Å². The van der Waals surface area contributed by atoms with E-state index in [0.29, 0.717) is 18.2 Å². The second kappa shape index (κ2) is 6.59. The Kier molecular flexibility index (Phi) is 4.33. The van der Waals surface area contributed by atoms with Crippen molar-refractivity contribution in [3.05, 3.63) is 71.7 Å². The summed E-state index contributed by atoms with van der Waals surface area (Å²) in [5.74, 6) is 0.436. The fourth-order valence-corrected chi connectivity index (χ4v) is 4.28. The first-order chi connectivity index (χ1) is 13.3. The monoisotopic (exact) mass is 374 g/mol. The minimum absolute atomic E-state index is 0.0261. The number of carbonyl (C=O) groups is 1. The van der Waals surface area contributed by atoms with E-state index in [1.807, 2.05) is 28.9 Å². The lowest BCUT2D eigenvalue weighted by atomic mass is 9.64. The lowest BCUT2D eigenvalue weighted by Crippen LogP contribution is -2.52. The van der Waals surface area contributed by atoms with Gasteiger partial charge >= 0.3 is 0 Å². The van der Waals surface area contributed by atoms with Gasteiger partial charge in [-0.2, -0.15) is 0 Å². The Morgan fingerprint density at radius 1 is 1.18 bits per heavy atom. The van der Waals surface area contributed by atoms with Crippen molar-refractivity contribution in [1.82, 2.24) is 14.3 Å². The first-order valence-corrected chi connectivity index (χ1v) is 9.69. The summed E-state index contributed by atoms with van der Waals surface area (Å²) in [6.07, 6.45) is 6.23. The number of aromatic nitrogens is 2. The van der Waals surface area contributed by atoms with Crippen LogP contribution in [0.25, 0.3) is 5.65 Å². The summed E-state index contributed by atoms with van der Waals surface area (Å²) in [6.45, 7) is 6.44. The van der Waals surface area contributed by atoms with Gasteiger partial charge in [0, 0.05) is 37.5 Å². The van der Waals surface area contributed by atoms with E-state index in [2.05, 4.69) is 50.0 Å². The molecule has 2 aromatic heterocycles. The Balaban J connectivity index is 1.85. The second-order valence-electron chi connectivity index (χ2n) is 8.30. The Labute approximate surface area is 165 Å². The zero-order chi connectivity index (χ0) is 20.1. The van der Waals surface area contributed by atoms with Gasteiger partial charge < -0.3 is 9.30 Å². The van der Waals surface area contributed by atoms with Crippen LogP contribution in [0.15, 0.2) is 55.0 Å². The van der Waals surface area contributed by atoms with E-state index in [1.54, 1.807) is 13.2 Å². The maximum absolute atomic E-state index is 13.3. The third-order valence-electron chi connectivity index (χ3n) is 6.14. The largest absolute Gasteiger partial charge is 0.307 e. The van der Waals surface area contributed by atoms with Crippen LogP contribution in [-0.4, -0.2) is 33.1 Å². The van der Waals surface area contributed by atoms with E-state index in [9.17, 15) is 4.79 Å². The Hall–Kier alpha value is -2.95. The molecular formula is C23H26N4O. The normalized spacial score (nSPS) is 23.0. The highest BCUT2D eigenvalue weighted by Crippen LogP contribution is 2.46. The number of amidine groups is 1. The highest BCUT2D eigenvalue weighted by Gasteiger charge is 2.48. The van der Waals surface area contributed by atoms with Gasteiger partial charge in [-0.15, -0.1) is 0 Å². The fraction of sp³-hybridized carbons (Fsp3) is 0.348. The van der Waals surface area contributed by atoms with Crippen LogP contribution >= 0.6 is 0 Å². The average Bonchev–Trinajstić information content (AvgIpc) is 3.14. The highest BCUT2D eigenvalue weighted by molar-refractivity contribution is 6.04. The van der Waals surface area contributed by atoms with Crippen molar-refractivity contribution in [2.45, 2.75) is 44.4 Å². The van der Waals surface area contributed by atoms with Crippen LogP contribution in [0.5, 0.6) is 0 Å². The number of hydrogen-bond acceptors (Lipinski definition) is 3. The summed E-state index contributed by atoms with van der Waals surface area (Å²) in [4.78, 5) is 19.1. The topological polar surface area (TPSA) is 61.5 Å². The zero-order valence-corrected chi connectivity index (χ0v) is 16.8. The predicted molar refractivity (Wildman–Crippen MR) is 111 cm³/mol. The summed E-state index contributed by atoms with van der Waals surface area (Å²) in [6, 6.07) is 12.4. The minimum Gasteiger partial charge on any atom is -0.307 e. The molecule has 2 atom stereocenters. The third kappa shape index (κ3) is 2.82. The zero-order valence-electron chi connectivity index (χ0n) is 16.8. The average molecular weight is 374 g/mol. The molecule has 144 valence electrons. The first kappa shape index (κ1) is 18.4. The van der Waals surface area contributed by atoms with Crippen LogP contribution in [0.4, 0.5) is 0 Å². The number of fused-ring (bicyclic) bond motifs is 1. The van der Waals surface area contributed by atoms with Gasteiger partial charge in [0.25, 0.3) is 0 Å². The highest BCUT2D eigenvalue weighted by atomic mass is 16.2. The molecule has 28 heavy (non-hydrogen) atoms. The number of pyridine rings is 1.